The van der Waals surface area contributed by atoms with Crippen molar-refractivity contribution in [3.8, 4) is 6.07 Å². The van der Waals surface area contributed by atoms with Gasteiger partial charge in [-0.3, -0.25) is 9.59 Å². The number of alkyl halides is 2. The molecule has 0 aromatic heterocycles. The summed E-state index contributed by atoms with van der Waals surface area (Å²) < 4.78 is 26.9. The highest BCUT2D eigenvalue weighted by molar-refractivity contribution is 6.07. The molecule has 2 aromatic rings. The summed E-state index contributed by atoms with van der Waals surface area (Å²) in [6, 6.07) is 11.5. The average Bonchev–Trinajstić information content (AvgIpc) is 2.93. The van der Waals surface area contributed by atoms with Gasteiger partial charge in [-0.2, -0.15) is 5.26 Å². The molecule has 1 fully saturated rings. The lowest BCUT2D eigenvalue weighted by Gasteiger charge is -2.19. The molecule has 1 atom stereocenters. The van der Waals surface area contributed by atoms with Gasteiger partial charge in [-0.05, 0) is 23.8 Å². The van der Waals surface area contributed by atoms with Crippen molar-refractivity contribution in [1.82, 2.24) is 10.2 Å². The number of amides is 2. The third-order valence-corrected chi connectivity index (χ3v) is 4.42. The molecule has 0 aliphatic carbocycles. The molecule has 0 radical (unpaired) electrons. The summed E-state index contributed by atoms with van der Waals surface area (Å²) in [5.41, 5.74) is 1.46. The van der Waals surface area contributed by atoms with Gasteiger partial charge in [0.15, 0.2) is 0 Å². The highest BCUT2D eigenvalue weighted by Crippen LogP contribution is 2.31. The molecule has 1 saturated heterocycles. The molecule has 0 bridgehead atoms. The van der Waals surface area contributed by atoms with E-state index in [2.05, 4.69) is 5.32 Å². The molecular weight excluding hydrogens is 340 g/mol. The van der Waals surface area contributed by atoms with Crippen LogP contribution in [0.15, 0.2) is 36.4 Å². The van der Waals surface area contributed by atoms with Gasteiger partial charge in [0.2, 0.25) is 5.91 Å². The second-order valence-corrected chi connectivity index (χ2v) is 6.44. The van der Waals surface area contributed by atoms with Crippen molar-refractivity contribution in [1.29, 1.82) is 5.26 Å². The van der Waals surface area contributed by atoms with Crippen molar-refractivity contribution in [3.63, 3.8) is 0 Å². The quantitative estimate of drug-likeness (QED) is 0.918. The molecule has 0 unspecified atom stereocenters. The molecule has 5 nitrogen and oxygen atoms in total. The zero-order chi connectivity index (χ0) is 18.9. The Balaban J connectivity index is 1.72. The van der Waals surface area contributed by atoms with Crippen LogP contribution in [0.1, 0.15) is 22.3 Å². The van der Waals surface area contributed by atoms with E-state index in [4.69, 9.17) is 5.26 Å². The summed E-state index contributed by atoms with van der Waals surface area (Å²) in [6.07, 6.45) is -0.675. The minimum absolute atomic E-state index is 0.402. The maximum absolute atomic E-state index is 13.4. The molecule has 0 spiro atoms. The van der Waals surface area contributed by atoms with E-state index in [1.54, 1.807) is 18.2 Å². The molecule has 3 rings (SSSR count). The number of hydrogen-bond donors (Lipinski definition) is 1. The van der Waals surface area contributed by atoms with Crippen LogP contribution in [0.5, 0.6) is 0 Å². The smallest absolute Gasteiger partial charge is 0.268 e. The predicted molar refractivity (Wildman–Crippen MR) is 91.7 cm³/mol. The van der Waals surface area contributed by atoms with Crippen LogP contribution < -0.4 is 5.32 Å². The van der Waals surface area contributed by atoms with Gasteiger partial charge in [0.1, 0.15) is 6.04 Å². The van der Waals surface area contributed by atoms with Crippen molar-refractivity contribution in [2.24, 2.45) is 0 Å². The maximum Gasteiger partial charge on any atom is 0.268 e. The van der Waals surface area contributed by atoms with Gasteiger partial charge in [0, 0.05) is 12.0 Å². The molecule has 1 heterocycles. The third kappa shape index (κ3) is 3.49. The molecule has 1 aliphatic heterocycles. The molecule has 0 saturated carbocycles. The van der Waals surface area contributed by atoms with E-state index in [1.807, 2.05) is 31.2 Å². The fraction of sp³-hybridized carbons (Fsp3) is 0.316. The zero-order valence-corrected chi connectivity index (χ0v) is 14.1. The summed E-state index contributed by atoms with van der Waals surface area (Å²) in [6.45, 7) is 0.713. The largest absolute Gasteiger partial charge is 0.343 e. The minimum Gasteiger partial charge on any atom is -0.343 e. The molecular formula is C19H17F2N3O2. The monoisotopic (exact) mass is 357 g/mol. The number of nitrogens with zero attached hydrogens (tertiary/aromatic N) is 2. The van der Waals surface area contributed by atoms with Crippen LogP contribution in [0.2, 0.25) is 0 Å². The highest BCUT2D eigenvalue weighted by atomic mass is 19.3. The van der Waals surface area contributed by atoms with Gasteiger partial charge < -0.3 is 10.2 Å². The lowest BCUT2D eigenvalue weighted by Crippen LogP contribution is -2.43. The zero-order valence-electron chi connectivity index (χ0n) is 14.1. The van der Waals surface area contributed by atoms with Gasteiger partial charge in [-0.1, -0.05) is 35.9 Å². The molecule has 134 valence electrons. The lowest BCUT2D eigenvalue weighted by atomic mass is 10.0. The first-order valence-corrected chi connectivity index (χ1v) is 8.15. The highest BCUT2D eigenvalue weighted by Gasteiger charge is 2.47. The van der Waals surface area contributed by atoms with E-state index in [-0.39, 0.29) is 0 Å². The number of rotatable bonds is 3. The molecule has 1 aliphatic rings. The lowest BCUT2D eigenvalue weighted by molar-refractivity contribution is -0.131. The molecule has 2 aromatic carbocycles. The fourth-order valence-electron chi connectivity index (χ4n) is 3.15. The molecule has 1 N–H and O–H groups in total. The van der Waals surface area contributed by atoms with Gasteiger partial charge in [0.25, 0.3) is 11.8 Å². The van der Waals surface area contributed by atoms with E-state index in [0.717, 1.165) is 21.2 Å². The van der Waals surface area contributed by atoms with E-state index in [0.29, 0.717) is 5.56 Å². The van der Waals surface area contributed by atoms with Crippen molar-refractivity contribution in [2.75, 3.05) is 13.1 Å². The first-order valence-electron chi connectivity index (χ1n) is 8.15. The molecule has 26 heavy (non-hydrogen) atoms. The van der Waals surface area contributed by atoms with Crippen LogP contribution in [0, 0.1) is 18.3 Å². The maximum atomic E-state index is 13.4. The van der Waals surface area contributed by atoms with Crippen LogP contribution in [-0.2, 0) is 4.79 Å². The number of halogens is 2. The van der Waals surface area contributed by atoms with Gasteiger partial charge in [-0.15, -0.1) is 0 Å². The third-order valence-electron chi connectivity index (χ3n) is 4.42. The van der Waals surface area contributed by atoms with E-state index in [9.17, 15) is 18.4 Å². The number of benzene rings is 2. The summed E-state index contributed by atoms with van der Waals surface area (Å²) >= 11 is 0. The second-order valence-electron chi connectivity index (χ2n) is 6.44. The number of nitriles is 1. The van der Waals surface area contributed by atoms with Gasteiger partial charge >= 0.3 is 0 Å². The van der Waals surface area contributed by atoms with Crippen LogP contribution in [0.4, 0.5) is 8.78 Å². The second kappa shape index (κ2) is 6.71. The minimum atomic E-state index is -3.08. The Kier molecular flexibility index (Phi) is 4.60. The Morgan fingerprint density at radius 2 is 2.12 bits per heavy atom. The summed E-state index contributed by atoms with van der Waals surface area (Å²) in [5, 5.41) is 13.1. The Morgan fingerprint density at radius 1 is 1.35 bits per heavy atom. The number of carbonyl (C=O) groups is 2. The van der Waals surface area contributed by atoms with Crippen molar-refractivity contribution >= 4 is 22.6 Å². The normalized spacial score (nSPS) is 18.5. The number of fused-ring (bicyclic) bond motifs is 1. The number of carbonyl (C=O) groups excluding carboxylic acids is 2. The number of hydrogen-bond acceptors (Lipinski definition) is 3. The van der Waals surface area contributed by atoms with Crippen LogP contribution in [-0.4, -0.2) is 41.8 Å². The Hall–Kier alpha value is -3.01. The Morgan fingerprint density at radius 3 is 2.85 bits per heavy atom. The summed E-state index contributed by atoms with van der Waals surface area (Å²) in [7, 11) is 0. The predicted octanol–water partition coefficient (Wildman–Crippen LogP) is 2.64. The number of nitrogens with one attached hydrogen (secondary N) is 1. The van der Waals surface area contributed by atoms with E-state index in [1.165, 1.54) is 0 Å². The first-order chi connectivity index (χ1) is 12.3. The SMILES string of the molecule is Cc1ccc2c(C(=O)NCC(=O)N3CC(F)(F)C[C@H]3C#N)cccc2c1. The van der Waals surface area contributed by atoms with Crippen molar-refractivity contribution < 1.29 is 18.4 Å². The van der Waals surface area contributed by atoms with Crippen molar-refractivity contribution in [2.45, 2.75) is 25.3 Å². The molecule has 2 amide bonds. The standard InChI is InChI=1S/C19H17F2N3O2/c1-12-5-6-15-13(7-12)3-2-4-16(15)18(26)23-10-17(25)24-11-19(20,21)8-14(24)9-22/h2-7,14H,8,10-11H2,1H3,(H,23,26)/t14-/m0/s1. The number of likely N-dealkylation sites (tertiary alicyclic amines) is 1. The fourth-order valence-corrected chi connectivity index (χ4v) is 3.15. The van der Waals surface area contributed by atoms with Gasteiger partial charge in [-0.25, -0.2) is 8.78 Å². The number of aryl methyl sites for hydroxylation is 1. The van der Waals surface area contributed by atoms with Crippen LogP contribution >= 0.6 is 0 Å². The Labute approximate surface area is 149 Å². The van der Waals surface area contributed by atoms with Crippen LogP contribution in [0.25, 0.3) is 10.8 Å². The van der Waals surface area contributed by atoms with E-state index < -0.39 is 43.3 Å². The topological polar surface area (TPSA) is 73.2 Å². The Bertz CT molecular complexity index is 921. The van der Waals surface area contributed by atoms with Gasteiger partial charge in [0.05, 0.1) is 19.2 Å². The molecule has 7 heteroatoms. The van der Waals surface area contributed by atoms with Crippen LogP contribution in [0.3, 0.4) is 0 Å². The summed E-state index contributed by atoms with van der Waals surface area (Å²) in [5.74, 6) is -4.24. The van der Waals surface area contributed by atoms with E-state index >= 15 is 0 Å². The first kappa shape index (κ1) is 17.8. The average molecular weight is 357 g/mol. The summed E-state index contributed by atoms with van der Waals surface area (Å²) in [4.78, 5) is 25.4. The van der Waals surface area contributed by atoms with Crippen molar-refractivity contribution in [3.05, 3.63) is 47.5 Å².